The maximum absolute atomic E-state index is 13.2. The van der Waals surface area contributed by atoms with Crippen LogP contribution in [-0.2, 0) is 82.2 Å². The van der Waals surface area contributed by atoms with E-state index in [1.54, 1.807) is 37.2 Å². The minimum Gasteiger partial charge on any atom is -0.383 e. The van der Waals surface area contributed by atoms with Gasteiger partial charge in [-0.05, 0) is 13.8 Å². The van der Waals surface area contributed by atoms with Crippen molar-refractivity contribution in [2.75, 3.05) is 81.3 Å². The summed E-state index contributed by atoms with van der Waals surface area (Å²) < 4.78 is 99.8. The van der Waals surface area contributed by atoms with E-state index in [4.69, 9.17) is 61.1 Å². The van der Waals surface area contributed by atoms with Gasteiger partial charge in [0.25, 0.3) is 0 Å². The summed E-state index contributed by atoms with van der Waals surface area (Å²) in [6.07, 6.45) is 3.02. The molecule has 0 spiro atoms. The molecular formula is C36H52Cl2N10O12S2. The number of sulfone groups is 2. The van der Waals surface area contributed by atoms with E-state index in [0.29, 0.717) is 99.3 Å². The number of halogens is 2. The molecule has 0 unspecified atom stereocenters. The first-order valence-electron chi connectivity index (χ1n) is 19.4. The van der Waals surface area contributed by atoms with E-state index in [2.05, 4.69) is 40.3 Å². The summed E-state index contributed by atoms with van der Waals surface area (Å²) in [5, 5.41) is 15.5. The average Bonchev–Trinajstić information content (AvgIpc) is 3.86. The SMILES string of the molecule is COCCn1c(CS(=O)(=O)[C@@H](C)[C@H](OC)c2ncc(Cl)cn2)nnc1[C@@H]1COCCO1.COCCn1c(CS(=O)(=O)[C@@H](C)[C@H](OC)c2ncc(Cl)cn2)nnc1[C@H]1COCCO1. The largest absolute Gasteiger partial charge is 0.383 e. The Balaban J connectivity index is 0.000000234. The van der Waals surface area contributed by atoms with Gasteiger partial charge < -0.3 is 47.0 Å². The number of rotatable bonds is 20. The van der Waals surface area contributed by atoms with Crippen molar-refractivity contribution >= 4 is 42.9 Å². The van der Waals surface area contributed by atoms with Crippen molar-refractivity contribution in [1.82, 2.24) is 49.5 Å². The van der Waals surface area contributed by atoms with Crippen LogP contribution in [0.5, 0.6) is 0 Å². The molecule has 22 nitrogen and oxygen atoms in total. The summed E-state index contributed by atoms with van der Waals surface area (Å²) in [7, 11) is -1.49. The molecule has 6 heterocycles. The smallest absolute Gasteiger partial charge is 0.164 e. The lowest BCUT2D eigenvalue weighted by molar-refractivity contribution is -0.0950. The lowest BCUT2D eigenvalue weighted by Crippen LogP contribution is -2.30. The quantitative estimate of drug-likeness (QED) is 0.123. The highest BCUT2D eigenvalue weighted by atomic mass is 35.5. The predicted octanol–water partition coefficient (Wildman–Crippen LogP) is 2.29. The zero-order valence-corrected chi connectivity index (χ0v) is 38.3. The Morgan fingerprint density at radius 2 is 1.00 bits per heavy atom. The minimum atomic E-state index is -3.72. The third kappa shape index (κ3) is 12.9. The predicted molar refractivity (Wildman–Crippen MR) is 221 cm³/mol. The number of hydrogen-bond acceptors (Lipinski definition) is 20. The molecule has 0 N–H and O–H groups in total. The molecule has 2 fully saturated rings. The van der Waals surface area contributed by atoms with Crippen molar-refractivity contribution in [2.24, 2.45) is 0 Å². The molecule has 6 rings (SSSR count). The molecule has 2 saturated heterocycles. The van der Waals surface area contributed by atoms with Crippen molar-refractivity contribution < 1.29 is 54.7 Å². The second-order valence-electron chi connectivity index (χ2n) is 14.0. The Morgan fingerprint density at radius 1 is 0.629 bits per heavy atom. The van der Waals surface area contributed by atoms with E-state index in [1.807, 2.05) is 0 Å². The van der Waals surface area contributed by atoms with Crippen molar-refractivity contribution in [3.8, 4) is 0 Å². The first-order valence-corrected chi connectivity index (χ1v) is 23.6. The summed E-state index contributed by atoms with van der Waals surface area (Å²) in [6, 6.07) is 0. The van der Waals surface area contributed by atoms with Crippen LogP contribution >= 0.6 is 23.2 Å². The van der Waals surface area contributed by atoms with Crippen LogP contribution < -0.4 is 0 Å². The van der Waals surface area contributed by atoms with Gasteiger partial charge in [-0.25, -0.2) is 36.8 Å². The molecule has 4 aromatic heterocycles. The molecule has 0 amide bonds. The molecule has 62 heavy (non-hydrogen) atoms. The van der Waals surface area contributed by atoms with Gasteiger partial charge in [0.1, 0.15) is 47.6 Å². The van der Waals surface area contributed by atoms with Gasteiger partial charge in [-0.15, -0.1) is 20.4 Å². The summed E-state index contributed by atoms with van der Waals surface area (Å²) in [4.78, 5) is 16.4. The standard InChI is InChI=1S/2C18H26ClN5O6S/c2*1-12(16(28-3)17-20-8-13(19)9-21-17)31(25,26)11-15-22-23-18(24(15)4-5-27-2)14-10-29-6-7-30-14/h2*8-9,12,14,16H,4-7,10-11H2,1-3H3/t12-,14+,16-;12-,14-,16-/m00/s1. The Hall–Kier alpha value is -3.40. The number of aromatic nitrogens is 10. The molecule has 6 atom stereocenters. The number of nitrogens with zero attached hydrogens (tertiary/aromatic N) is 10. The summed E-state index contributed by atoms with van der Waals surface area (Å²) in [5.74, 6) is 1.39. The Kier molecular flexibility index (Phi) is 18.8. The average molecular weight is 952 g/mol. The fourth-order valence-electron chi connectivity index (χ4n) is 6.47. The van der Waals surface area contributed by atoms with Gasteiger partial charge in [0, 0.05) is 66.3 Å². The first-order chi connectivity index (χ1) is 29.7. The normalized spacial score (nSPS) is 19.3. The molecule has 4 aromatic rings. The van der Waals surface area contributed by atoms with Crippen LogP contribution in [-0.4, -0.2) is 158 Å². The molecule has 2 aliphatic heterocycles. The second-order valence-corrected chi connectivity index (χ2v) is 19.6. The van der Waals surface area contributed by atoms with Crippen LogP contribution in [0, 0.1) is 0 Å². The topological polar surface area (TPSA) is 255 Å². The van der Waals surface area contributed by atoms with Crippen LogP contribution in [0.15, 0.2) is 24.8 Å². The molecule has 0 radical (unpaired) electrons. The number of ether oxygens (including phenoxy) is 8. The molecule has 0 aliphatic carbocycles. The molecule has 0 saturated carbocycles. The zero-order chi connectivity index (χ0) is 44.9. The van der Waals surface area contributed by atoms with Crippen molar-refractivity contribution in [3.63, 3.8) is 0 Å². The second kappa shape index (κ2) is 23.5. The van der Waals surface area contributed by atoms with Gasteiger partial charge in [-0.2, -0.15) is 0 Å². The third-order valence-electron chi connectivity index (χ3n) is 9.90. The van der Waals surface area contributed by atoms with E-state index in [1.165, 1.54) is 39.0 Å². The highest BCUT2D eigenvalue weighted by molar-refractivity contribution is 7.91. The van der Waals surface area contributed by atoms with Crippen molar-refractivity contribution in [3.05, 3.63) is 69.8 Å². The van der Waals surface area contributed by atoms with E-state index in [-0.39, 0.29) is 23.2 Å². The van der Waals surface area contributed by atoms with Gasteiger partial charge >= 0.3 is 0 Å². The maximum atomic E-state index is 13.2. The van der Waals surface area contributed by atoms with Crippen molar-refractivity contribution in [2.45, 2.75) is 73.4 Å². The fraction of sp³-hybridized carbons (Fsp3) is 0.667. The Bertz CT molecular complexity index is 2050. The van der Waals surface area contributed by atoms with Gasteiger partial charge in [-0.1, -0.05) is 23.2 Å². The van der Waals surface area contributed by atoms with E-state index in [9.17, 15) is 16.8 Å². The molecule has 0 aromatic carbocycles. The van der Waals surface area contributed by atoms with Gasteiger partial charge in [0.15, 0.2) is 43.0 Å². The van der Waals surface area contributed by atoms with Gasteiger partial charge in [0.05, 0.1) is 73.4 Å². The van der Waals surface area contributed by atoms with Crippen LogP contribution in [0.25, 0.3) is 0 Å². The van der Waals surface area contributed by atoms with Crippen LogP contribution in [0.1, 0.15) is 73.2 Å². The number of hydrogen-bond donors (Lipinski definition) is 0. The van der Waals surface area contributed by atoms with Crippen LogP contribution in [0.4, 0.5) is 0 Å². The van der Waals surface area contributed by atoms with E-state index in [0.717, 1.165) is 0 Å². The first kappa shape index (κ1) is 49.6. The molecule has 26 heteroatoms. The lowest BCUT2D eigenvalue weighted by Gasteiger charge is -2.24. The summed E-state index contributed by atoms with van der Waals surface area (Å²) >= 11 is 11.7. The van der Waals surface area contributed by atoms with E-state index < -0.39 is 54.6 Å². The van der Waals surface area contributed by atoms with Gasteiger partial charge in [-0.3, -0.25) is 0 Å². The molecule has 344 valence electrons. The summed E-state index contributed by atoms with van der Waals surface area (Å²) in [5.41, 5.74) is 0. The fourth-order valence-corrected chi connectivity index (χ4v) is 9.55. The number of methoxy groups -OCH3 is 4. The van der Waals surface area contributed by atoms with E-state index >= 15 is 0 Å². The highest BCUT2D eigenvalue weighted by Crippen LogP contribution is 2.29. The monoisotopic (exact) mass is 950 g/mol. The van der Waals surface area contributed by atoms with Crippen LogP contribution in [0.3, 0.4) is 0 Å². The third-order valence-corrected chi connectivity index (χ3v) is 14.4. The van der Waals surface area contributed by atoms with Gasteiger partial charge in [0.2, 0.25) is 0 Å². The lowest BCUT2D eigenvalue weighted by atomic mass is 10.2. The molecular weight excluding hydrogens is 899 g/mol. The van der Waals surface area contributed by atoms with Crippen LogP contribution in [0.2, 0.25) is 10.0 Å². The maximum Gasteiger partial charge on any atom is 0.164 e. The highest BCUT2D eigenvalue weighted by Gasteiger charge is 2.37. The Morgan fingerprint density at radius 3 is 1.31 bits per heavy atom. The zero-order valence-electron chi connectivity index (χ0n) is 35.2. The molecule has 0 bridgehead atoms. The summed E-state index contributed by atoms with van der Waals surface area (Å²) in [6.45, 7) is 7.12. The molecule has 2 aliphatic rings. The van der Waals surface area contributed by atoms with Crippen molar-refractivity contribution in [1.29, 1.82) is 0 Å². The minimum absolute atomic E-state index is 0.234. The Labute approximate surface area is 370 Å².